The number of anilines is 1. The average molecular weight is 481 g/mol. The lowest BCUT2D eigenvalue weighted by Crippen LogP contribution is -2.27. The zero-order chi connectivity index (χ0) is 25.3. The number of hydrogen-bond acceptors (Lipinski definition) is 5. The topological polar surface area (TPSA) is 103 Å². The van der Waals surface area contributed by atoms with Gasteiger partial charge in [-0.25, -0.2) is 9.97 Å². The van der Waals surface area contributed by atoms with Crippen molar-refractivity contribution in [2.75, 3.05) is 5.32 Å². The Hall–Kier alpha value is -4.21. The number of primary amides is 1. The molecule has 0 bridgehead atoms. The maximum atomic E-state index is 13.2. The number of nitrogens with zero attached hydrogens (tertiary/aromatic N) is 3. The molecule has 35 heavy (non-hydrogen) atoms. The van der Waals surface area contributed by atoms with Gasteiger partial charge in [0, 0.05) is 23.7 Å². The van der Waals surface area contributed by atoms with Crippen LogP contribution in [0.4, 0.5) is 19.0 Å². The third kappa shape index (κ3) is 5.32. The Kier molecular flexibility index (Phi) is 6.29. The van der Waals surface area contributed by atoms with E-state index in [0.717, 1.165) is 17.7 Å². The van der Waals surface area contributed by atoms with E-state index in [1.165, 1.54) is 16.7 Å². The van der Waals surface area contributed by atoms with Crippen molar-refractivity contribution in [1.29, 1.82) is 0 Å². The number of rotatable bonds is 6. The minimum Gasteiger partial charge on any atom is -0.368 e. The number of nitrogens with two attached hydrogens (primary N) is 1. The number of carbonyl (C=O) groups is 1. The first-order valence-corrected chi connectivity index (χ1v) is 10.7. The van der Waals surface area contributed by atoms with E-state index in [4.69, 9.17) is 5.73 Å². The van der Waals surface area contributed by atoms with Crippen molar-refractivity contribution in [3.05, 3.63) is 88.1 Å². The quantitative estimate of drug-likeness (QED) is 0.424. The molecule has 0 spiro atoms. The molecular formula is C25H22F3N5O2. The number of alkyl halides is 3. The minimum atomic E-state index is -4.44. The predicted molar refractivity (Wildman–Crippen MR) is 127 cm³/mol. The Bertz CT molecular complexity index is 1480. The van der Waals surface area contributed by atoms with Crippen LogP contribution in [0, 0.1) is 6.92 Å². The average Bonchev–Trinajstić information content (AvgIpc) is 2.79. The summed E-state index contributed by atoms with van der Waals surface area (Å²) in [5.41, 5.74) is 6.66. The molecule has 0 radical (unpaired) electrons. The van der Waals surface area contributed by atoms with E-state index in [9.17, 15) is 22.8 Å². The lowest BCUT2D eigenvalue weighted by Gasteiger charge is -2.18. The molecule has 1 amide bonds. The number of aryl methyl sites for hydroxylation is 1. The monoisotopic (exact) mass is 481 g/mol. The van der Waals surface area contributed by atoms with Crippen molar-refractivity contribution in [1.82, 2.24) is 14.5 Å². The van der Waals surface area contributed by atoms with Crippen molar-refractivity contribution < 1.29 is 18.0 Å². The number of amides is 1. The molecule has 2 aromatic heterocycles. The summed E-state index contributed by atoms with van der Waals surface area (Å²) < 4.78 is 40.7. The molecule has 0 fully saturated rings. The van der Waals surface area contributed by atoms with Gasteiger partial charge >= 0.3 is 6.18 Å². The molecule has 2 heterocycles. The Morgan fingerprint density at radius 3 is 2.54 bits per heavy atom. The normalized spacial score (nSPS) is 12.5. The molecule has 0 aliphatic rings. The van der Waals surface area contributed by atoms with Gasteiger partial charge in [-0.2, -0.15) is 13.2 Å². The second kappa shape index (κ2) is 9.21. The van der Waals surface area contributed by atoms with Crippen LogP contribution in [-0.4, -0.2) is 20.4 Å². The molecule has 180 valence electrons. The molecular weight excluding hydrogens is 459 g/mol. The van der Waals surface area contributed by atoms with Crippen LogP contribution in [-0.2, 0) is 17.5 Å². The van der Waals surface area contributed by atoms with Gasteiger partial charge in [-0.1, -0.05) is 18.2 Å². The van der Waals surface area contributed by atoms with Crippen LogP contribution in [0.2, 0.25) is 0 Å². The first-order chi connectivity index (χ1) is 16.5. The van der Waals surface area contributed by atoms with E-state index in [1.807, 2.05) is 12.1 Å². The van der Waals surface area contributed by atoms with Gasteiger partial charge in [0.1, 0.15) is 18.2 Å². The number of pyridine rings is 1. The molecule has 1 atom stereocenters. The fraction of sp³-hybridized carbons (Fsp3) is 0.200. The van der Waals surface area contributed by atoms with E-state index in [-0.39, 0.29) is 12.1 Å². The Balaban J connectivity index is 1.74. The maximum absolute atomic E-state index is 13.2. The predicted octanol–water partition coefficient (Wildman–Crippen LogP) is 4.44. The van der Waals surface area contributed by atoms with Crippen LogP contribution in [0.5, 0.6) is 0 Å². The minimum absolute atomic E-state index is 0.246. The highest BCUT2D eigenvalue weighted by Crippen LogP contribution is 2.33. The van der Waals surface area contributed by atoms with Crippen LogP contribution in [0.3, 0.4) is 0 Å². The lowest BCUT2D eigenvalue weighted by atomic mass is 10.0. The summed E-state index contributed by atoms with van der Waals surface area (Å²) in [6, 6.07) is 13.1. The van der Waals surface area contributed by atoms with Crippen LogP contribution in [0.25, 0.3) is 22.0 Å². The molecule has 0 aliphatic carbocycles. The molecule has 3 N–H and O–H groups in total. The number of nitrogens with one attached hydrogen (secondary N) is 1. The van der Waals surface area contributed by atoms with E-state index >= 15 is 0 Å². The molecule has 0 saturated carbocycles. The highest BCUT2D eigenvalue weighted by atomic mass is 19.4. The number of hydrogen-bond donors (Lipinski definition) is 2. The van der Waals surface area contributed by atoms with Gasteiger partial charge in [0.05, 0.1) is 11.1 Å². The van der Waals surface area contributed by atoms with Crippen molar-refractivity contribution in [2.45, 2.75) is 32.6 Å². The first kappa shape index (κ1) is 23.9. The highest BCUT2D eigenvalue weighted by molar-refractivity contribution is 5.92. The summed E-state index contributed by atoms with van der Waals surface area (Å²) in [7, 11) is 0. The van der Waals surface area contributed by atoms with E-state index in [1.54, 1.807) is 38.2 Å². The third-order valence-electron chi connectivity index (χ3n) is 5.52. The summed E-state index contributed by atoms with van der Waals surface area (Å²) in [6.45, 7) is 3.24. The van der Waals surface area contributed by atoms with Gasteiger partial charge in [0.25, 0.3) is 5.56 Å². The second-order valence-electron chi connectivity index (χ2n) is 8.19. The largest absolute Gasteiger partial charge is 0.416 e. The summed E-state index contributed by atoms with van der Waals surface area (Å²) >= 11 is 0. The number of aromatic nitrogens is 3. The summed E-state index contributed by atoms with van der Waals surface area (Å²) in [5.74, 6) is 0.324. The van der Waals surface area contributed by atoms with Gasteiger partial charge in [-0.05, 0) is 60.9 Å². The Morgan fingerprint density at radius 2 is 1.83 bits per heavy atom. The molecule has 7 nitrogen and oxygen atoms in total. The zero-order valence-electron chi connectivity index (χ0n) is 18.9. The van der Waals surface area contributed by atoms with Gasteiger partial charge < -0.3 is 15.6 Å². The lowest BCUT2D eigenvalue weighted by molar-refractivity contribution is -0.137. The fourth-order valence-electron chi connectivity index (χ4n) is 3.80. The molecule has 0 unspecified atom stereocenters. The number of benzene rings is 2. The van der Waals surface area contributed by atoms with Gasteiger partial charge in [0.2, 0.25) is 5.91 Å². The summed E-state index contributed by atoms with van der Waals surface area (Å²) in [4.78, 5) is 32.3. The number of fused-ring (bicyclic) bond motifs is 1. The van der Waals surface area contributed by atoms with Crippen molar-refractivity contribution in [3.8, 4) is 11.1 Å². The molecule has 0 aliphatic heterocycles. The SMILES string of the molecule is Cc1nc(N[C@H](C)c2cccc(C(F)(F)F)c2)c2cc(-c3ccc(=O)n(CC(N)=O)c3)ccc2n1. The van der Waals surface area contributed by atoms with Crippen LogP contribution >= 0.6 is 0 Å². The number of halogens is 3. The van der Waals surface area contributed by atoms with Crippen molar-refractivity contribution in [2.24, 2.45) is 5.73 Å². The Morgan fingerprint density at radius 1 is 1.09 bits per heavy atom. The Labute approximate surface area is 198 Å². The summed E-state index contributed by atoms with van der Waals surface area (Å²) in [6.07, 6.45) is -2.89. The number of carbonyl (C=O) groups excluding carboxylic acids is 1. The molecule has 4 aromatic rings. The van der Waals surface area contributed by atoms with Crippen LogP contribution < -0.4 is 16.6 Å². The van der Waals surface area contributed by atoms with Gasteiger partial charge in [-0.3, -0.25) is 9.59 Å². The second-order valence-corrected chi connectivity index (χ2v) is 8.19. The van der Waals surface area contributed by atoms with Crippen LogP contribution in [0.1, 0.15) is 29.9 Å². The molecule has 0 saturated heterocycles. The first-order valence-electron chi connectivity index (χ1n) is 10.7. The maximum Gasteiger partial charge on any atom is 0.416 e. The van der Waals surface area contributed by atoms with Crippen molar-refractivity contribution in [3.63, 3.8) is 0 Å². The third-order valence-corrected chi connectivity index (χ3v) is 5.52. The van der Waals surface area contributed by atoms with Crippen LogP contribution in [0.15, 0.2) is 65.6 Å². The van der Waals surface area contributed by atoms with Gasteiger partial charge in [0.15, 0.2) is 0 Å². The molecule has 2 aromatic carbocycles. The summed E-state index contributed by atoms with van der Waals surface area (Å²) in [5, 5.41) is 3.86. The smallest absolute Gasteiger partial charge is 0.368 e. The van der Waals surface area contributed by atoms with E-state index in [2.05, 4.69) is 15.3 Å². The fourth-order valence-corrected chi connectivity index (χ4v) is 3.80. The molecule has 4 rings (SSSR count). The van der Waals surface area contributed by atoms with Gasteiger partial charge in [-0.15, -0.1) is 0 Å². The zero-order valence-corrected chi connectivity index (χ0v) is 18.9. The van der Waals surface area contributed by atoms with E-state index < -0.39 is 23.7 Å². The van der Waals surface area contributed by atoms with E-state index in [0.29, 0.717) is 33.7 Å². The molecule has 10 heteroatoms. The standard InChI is InChI=1S/C25H22F3N5O2/c1-14(16-4-3-5-19(10-16)25(26,27)28)30-24-20-11-17(6-8-21(20)31-15(2)32-24)18-7-9-23(35)33(12-18)13-22(29)34/h3-12,14H,13H2,1-2H3,(H2,29,34)(H,30,31,32)/t14-/m1/s1. The van der Waals surface area contributed by atoms with Crippen molar-refractivity contribution >= 4 is 22.6 Å². The highest BCUT2D eigenvalue weighted by Gasteiger charge is 2.30.